The van der Waals surface area contributed by atoms with Crippen LogP contribution in [0.1, 0.15) is 18.4 Å². The van der Waals surface area contributed by atoms with Crippen LogP contribution in [0.2, 0.25) is 5.02 Å². The van der Waals surface area contributed by atoms with Gasteiger partial charge in [-0.1, -0.05) is 17.7 Å². The van der Waals surface area contributed by atoms with Crippen molar-refractivity contribution in [2.24, 2.45) is 4.99 Å². The van der Waals surface area contributed by atoms with Crippen molar-refractivity contribution in [3.63, 3.8) is 0 Å². The van der Waals surface area contributed by atoms with Gasteiger partial charge in [-0.15, -0.1) is 0 Å². The predicted molar refractivity (Wildman–Crippen MR) is 86.6 cm³/mol. The van der Waals surface area contributed by atoms with Crippen molar-refractivity contribution in [1.29, 1.82) is 0 Å². The van der Waals surface area contributed by atoms with E-state index >= 15 is 0 Å². The molecule has 3 rings (SSSR count). The lowest BCUT2D eigenvalue weighted by Crippen LogP contribution is -2.18. The van der Waals surface area contributed by atoms with Crippen LogP contribution in [0.5, 0.6) is 0 Å². The molecule has 4 heteroatoms. The minimum Gasteiger partial charge on any atom is -0.369 e. The summed E-state index contributed by atoms with van der Waals surface area (Å²) in [6, 6.07) is 12.5. The summed E-state index contributed by atoms with van der Waals surface area (Å²) in [4.78, 5) is 6.41. The van der Waals surface area contributed by atoms with Gasteiger partial charge in [0.05, 0.1) is 11.4 Å². The summed E-state index contributed by atoms with van der Waals surface area (Å²) < 4.78 is 14.2. The summed E-state index contributed by atoms with van der Waals surface area (Å²) in [5.74, 6) is -0.183. The van der Waals surface area contributed by atoms with Gasteiger partial charge in [-0.25, -0.2) is 4.39 Å². The first-order valence-corrected chi connectivity index (χ1v) is 7.44. The summed E-state index contributed by atoms with van der Waals surface area (Å²) in [6.45, 7) is 1.88. The Bertz CT molecular complexity index is 646. The second-order valence-electron chi connectivity index (χ2n) is 5.14. The monoisotopic (exact) mass is 302 g/mol. The van der Waals surface area contributed by atoms with Crippen LogP contribution >= 0.6 is 11.6 Å². The lowest BCUT2D eigenvalue weighted by molar-refractivity contribution is 0.623. The Morgan fingerprint density at radius 1 is 1.05 bits per heavy atom. The largest absolute Gasteiger partial charge is 0.369 e. The minimum absolute atomic E-state index is 0.183. The normalized spacial score (nSPS) is 15.0. The van der Waals surface area contributed by atoms with Gasteiger partial charge in [0, 0.05) is 24.3 Å². The highest BCUT2D eigenvalue weighted by Crippen LogP contribution is 2.24. The molecule has 0 unspecified atom stereocenters. The third kappa shape index (κ3) is 3.42. The van der Waals surface area contributed by atoms with Crippen LogP contribution < -0.4 is 4.90 Å². The quantitative estimate of drug-likeness (QED) is 0.741. The van der Waals surface area contributed by atoms with E-state index in [9.17, 15) is 4.39 Å². The molecule has 0 N–H and O–H groups in total. The zero-order valence-corrected chi connectivity index (χ0v) is 12.4. The molecule has 2 aromatic rings. The Kier molecular flexibility index (Phi) is 4.20. The topological polar surface area (TPSA) is 15.6 Å². The molecule has 0 atom stereocenters. The lowest BCUT2D eigenvalue weighted by atomic mass is 10.2. The molecule has 1 saturated heterocycles. The molecule has 0 aromatic heterocycles. The molecule has 2 nitrogen and oxygen atoms in total. The van der Waals surface area contributed by atoms with Gasteiger partial charge in [0.2, 0.25) is 0 Å². The summed E-state index contributed by atoms with van der Waals surface area (Å²) in [5, 5.41) is 0.676. The van der Waals surface area contributed by atoms with Crippen molar-refractivity contribution in [1.82, 2.24) is 0 Å². The molecular weight excluding hydrogens is 287 g/mol. The Morgan fingerprint density at radius 3 is 2.43 bits per heavy atom. The van der Waals surface area contributed by atoms with Crippen molar-refractivity contribution in [2.75, 3.05) is 18.0 Å². The zero-order valence-electron chi connectivity index (χ0n) is 11.6. The number of rotatable bonds is 3. The molecule has 2 aromatic carbocycles. The summed E-state index contributed by atoms with van der Waals surface area (Å²) in [5.41, 5.74) is 2.24. The number of aliphatic imine (C=N–C) groups is 1. The lowest BCUT2D eigenvalue weighted by Gasteiger charge is -2.18. The molecular formula is C17H16ClFN2. The maximum absolute atomic E-state index is 14.2. The van der Waals surface area contributed by atoms with Gasteiger partial charge in [-0.2, -0.15) is 0 Å². The van der Waals surface area contributed by atoms with Crippen molar-refractivity contribution in [3.8, 4) is 0 Å². The van der Waals surface area contributed by atoms with Crippen molar-refractivity contribution < 1.29 is 4.39 Å². The molecule has 108 valence electrons. The van der Waals surface area contributed by atoms with Gasteiger partial charge < -0.3 is 4.90 Å². The third-order valence-corrected chi connectivity index (χ3v) is 3.86. The number of hydrogen-bond acceptors (Lipinski definition) is 2. The highest BCUT2D eigenvalue weighted by Gasteiger charge is 2.15. The average Bonchev–Trinajstić information content (AvgIpc) is 3.01. The molecule has 1 aliphatic rings. The first kappa shape index (κ1) is 14.1. The van der Waals surface area contributed by atoms with E-state index in [1.54, 1.807) is 18.3 Å². The number of anilines is 1. The predicted octanol–water partition coefficient (Wildman–Crippen LogP) is 4.83. The van der Waals surface area contributed by atoms with Crippen LogP contribution in [0.3, 0.4) is 0 Å². The van der Waals surface area contributed by atoms with E-state index in [1.807, 2.05) is 24.3 Å². The van der Waals surface area contributed by atoms with Crippen LogP contribution in [0.25, 0.3) is 0 Å². The Balaban J connectivity index is 1.77. The van der Waals surface area contributed by atoms with E-state index in [4.69, 9.17) is 11.6 Å². The van der Waals surface area contributed by atoms with Crippen molar-refractivity contribution >= 4 is 29.2 Å². The highest BCUT2D eigenvalue weighted by atomic mass is 35.5. The van der Waals surface area contributed by atoms with Crippen LogP contribution in [0.15, 0.2) is 47.5 Å². The average molecular weight is 303 g/mol. The third-order valence-electron chi connectivity index (χ3n) is 3.61. The first-order valence-electron chi connectivity index (χ1n) is 7.06. The van der Waals surface area contributed by atoms with E-state index in [0.29, 0.717) is 10.7 Å². The smallest absolute Gasteiger partial charge is 0.147 e. The summed E-state index contributed by atoms with van der Waals surface area (Å²) >= 11 is 5.82. The molecule has 0 radical (unpaired) electrons. The molecule has 1 heterocycles. The van der Waals surface area contributed by atoms with Gasteiger partial charge in [-0.3, -0.25) is 4.99 Å². The fourth-order valence-electron chi connectivity index (χ4n) is 2.49. The van der Waals surface area contributed by atoms with Gasteiger partial charge in [0.1, 0.15) is 5.82 Å². The summed E-state index contributed by atoms with van der Waals surface area (Å²) in [7, 11) is 0. The SMILES string of the molecule is Fc1cc(C=Nc2ccc(Cl)cc2)ccc1N1CCCC1. The highest BCUT2D eigenvalue weighted by molar-refractivity contribution is 6.30. The first-order chi connectivity index (χ1) is 10.2. The molecule has 1 fully saturated rings. The second-order valence-corrected chi connectivity index (χ2v) is 5.58. The van der Waals surface area contributed by atoms with Crippen molar-refractivity contribution in [2.45, 2.75) is 12.8 Å². The van der Waals surface area contributed by atoms with E-state index in [-0.39, 0.29) is 5.82 Å². The molecule has 0 aliphatic carbocycles. The van der Waals surface area contributed by atoms with Gasteiger partial charge in [-0.05, 0) is 54.8 Å². The second kappa shape index (κ2) is 6.27. The van der Waals surface area contributed by atoms with E-state index in [1.165, 1.54) is 6.07 Å². The molecule has 0 bridgehead atoms. The van der Waals surface area contributed by atoms with Crippen LogP contribution in [0.4, 0.5) is 15.8 Å². The Hall–Kier alpha value is -1.87. The fourth-order valence-corrected chi connectivity index (χ4v) is 2.62. The maximum atomic E-state index is 14.2. The van der Waals surface area contributed by atoms with Crippen molar-refractivity contribution in [3.05, 3.63) is 58.9 Å². The van der Waals surface area contributed by atoms with Gasteiger partial charge in [0.15, 0.2) is 0 Å². The molecule has 0 amide bonds. The standard InChI is InChI=1S/C17H16ClFN2/c18-14-4-6-15(7-5-14)20-12-13-3-8-17(16(19)11-13)21-9-1-2-10-21/h3-8,11-12H,1-2,9-10H2. The Morgan fingerprint density at radius 2 is 1.76 bits per heavy atom. The Labute approximate surface area is 128 Å². The molecule has 0 saturated carbocycles. The summed E-state index contributed by atoms with van der Waals surface area (Å²) in [6.07, 6.45) is 3.94. The number of hydrogen-bond donors (Lipinski definition) is 0. The van der Waals surface area contributed by atoms with Crippen LogP contribution in [-0.2, 0) is 0 Å². The molecule has 21 heavy (non-hydrogen) atoms. The minimum atomic E-state index is -0.183. The van der Waals surface area contributed by atoms with E-state index in [2.05, 4.69) is 9.89 Å². The number of halogens is 2. The van der Waals surface area contributed by atoms with Crippen LogP contribution in [-0.4, -0.2) is 19.3 Å². The van der Waals surface area contributed by atoms with Gasteiger partial charge >= 0.3 is 0 Å². The van der Waals surface area contributed by atoms with E-state index < -0.39 is 0 Å². The maximum Gasteiger partial charge on any atom is 0.147 e. The zero-order chi connectivity index (χ0) is 14.7. The molecule has 1 aliphatic heterocycles. The van der Waals surface area contributed by atoms with Gasteiger partial charge in [0.25, 0.3) is 0 Å². The van der Waals surface area contributed by atoms with E-state index in [0.717, 1.165) is 37.2 Å². The molecule has 0 spiro atoms. The number of nitrogens with zero attached hydrogens (tertiary/aromatic N) is 2. The number of benzene rings is 2. The fraction of sp³-hybridized carbons (Fsp3) is 0.235. The van der Waals surface area contributed by atoms with Crippen LogP contribution in [0, 0.1) is 5.82 Å².